The van der Waals surface area contributed by atoms with Crippen LogP contribution in [0.1, 0.15) is 30.9 Å². The van der Waals surface area contributed by atoms with Crippen LogP contribution in [0.5, 0.6) is 5.75 Å². The number of benzene rings is 2. The molecule has 4 aromatic rings. The second-order valence-electron chi connectivity index (χ2n) is 11.2. The normalized spacial score (nSPS) is 13.9. The average molecular weight is 728 g/mol. The summed E-state index contributed by atoms with van der Waals surface area (Å²) in [5, 5.41) is 0. The van der Waals surface area contributed by atoms with Gasteiger partial charge in [0.15, 0.2) is 5.82 Å². The third-order valence-corrected chi connectivity index (χ3v) is 10.2. The van der Waals surface area contributed by atoms with Crippen molar-refractivity contribution in [2.24, 2.45) is 0 Å². The lowest BCUT2D eigenvalue weighted by atomic mass is 10.0. The summed E-state index contributed by atoms with van der Waals surface area (Å²) in [4.78, 5) is 25.9. The van der Waals surface area contributed by atoms with Gasteiger partial charge in [-0.2, -0.15) is 4.98 Å². The number of aromatic nitrogens is 4. The van der Waals surface area contributed by atoms with Crippen molar-refractivity contribution in [1.82, 2.24) is 24.8 Å². The van der Waals surface area contributed by atoms with Crippen molar-refractivity contribution in [3.05, 3.63) is 54.0 Å². The van der Waals surface area contributed by atoms with Crippen LogP contribution in [0, 0.1) is 6.92 Å². The standard InChI is InChI=1S/C32H42IN9OS/c1-9-22-18-27(28(43-7)19-26(22)41-16-12-23(13-17-41)38(3)4)39(5)32-36-20-21(2)31(37-32)42(33)25-11-10-24-29(35-15-14-34-24)30(25)40(6)44-8/h10-11,14-15,18-20,23H,9,12-13,16-17H2,1-8H3. The summed E-state index contributed by atoms with van der Waals surface area (Å²) in [6, 6.07) is 9.15. The molecule has 0 aliphatic carbocycles. The first kappa shape index (κ1) is 32.3. The topological polar surface area (TPSA) is 77.0 Å². The SMILES string of the molecule is CCc1cc(N(C)c2ncc(C)c(N(I)c3ccc4nccnc4c3N(C)SC)n2)c(OC)cc1N1CCC(N(C)C)CC1. The Kier molecular flexibility index (Phi) is 10.2. The Balaban J connectivity index is 1.51. The molecule has 2 aromatic heterocycles. The number of methoxy groups -OCH3 is 1. The Bertz CT molecular complexity index is 1610. The molecule has 2 aromatic carbocycles. The molecule has 0 saturated carbocycles. The van der Waals surface area contributed by atoms with Gasteiger partial charge in [-0.25, -0.2) is 4.98 Å². The van der Waals surface area contributed by atoms with E-state index in [0.29, 0.717) is 12.0 Å². The van der Waals surface area contributed by atoms with Gasteiger partial charge in [-0.15, -0.1) is 0 Å². The zero-order chi connectivity index (χ0) is 31.5. The third-order valence-electron chi connectivity index (χ3n) is 8.47. The predicted octanol–water partition coefficient (Wildman–Crippen LogP) is 6.80. The summed E-state index contributed by atoms with van der Waals surface area (Å²) in [6.07, 6.45) is 10.6. The van der Waals surface area contributed by atoms with Crippen LogP contribution in [0.2, 0.25) is 0 Å². The first-order valence-corrected chi connectivity index (χ1v) is 17.0. The summed E-state index contributed by atoms with van der Waals surface area (Å²) < 4.78 is 10.2. The number of hydrogen-bond donors (Lipinski definition) is 0. The number of nitrogens with zero attached hydrogens (tertiary/aromatic N) is 9. The van der Waals surface area contributed by atoms with Crippen LogP contribution >= 0.6 is 34.8 Å². The van der Waals surface area contributed by atoms with E-state index in [1.807, 2.05) is 38.2 Å². The van der Waals surface area contributed by atoms with E-state index in [1.54, 1.807) is 31.5 Å². The Hall–Kier alpha value is -3.10. The van der Waals surface area contributed by atoms with Crippen molar-refractivity contribution >= 4 is 80.4 Å². The smallest absolute Gasteiger partial charge is 0.231 e. The van der Waals surface area contributed by atoms with Gasteiger partial charge in [0.05, 0.1) is 52.6 Å². The number of halogens is 1. The fourth-order valence-corrected chi connectivity index (χ4v) is 7.05. The Morgan fingerprint density at radius 2 is 1.75 bits per heavy atom. The molecule has 1 aliphatic rings. The van der Waals surface area contributed by atoms with Gasteiger partial charge in [0.25, 0.3) is 0 Å². The molecular weight excluding hydrogens is 685 g/mol. The Morgan fingerprint density at radius 1 is 1.02 bits per heavy atom. The molecule has 1 saturated heterocycles. The lowest BCUT2D eigenvalue weighted by Gasteiger charge is -2.37. The summed E-state index contributed by atoms with van der Waals surface area (Å²) in [6.45, 7) is 6.33. The highest BCUT2D eigenvalue weighted by Crippen LogP contribution is 2.43. The first-order chi connectivity index (χ1) is 21.2. The monoisotopic (exact) mass is 727 g/mol. The molecule has 0 radical (unpaired) electrons. The van der Waals surface area contributed by atoms with Gasteiger partial charge in [0.1, 0.15) is 11.3 Å². The van der Waals surface area contributed by atoms with Crippen LogP contribution in [0.4, 0.5) is 34.5 Å². The molecule has 1 fully saturated rings. The van der Waals surface area contributed by atoms with E-state index in [-0.39, 0.29) is 0 Å². The van der Waals surface area contributed by atoms with Crippen molar-refractivity contribution in [3.8, 4) is 5.75 Å². The lowest BCUT2D eigenvalue weighted by molar-refractivity contribution is 0.249. The van der Waals surface area contributed by atoms with E-state index < -0.39 is 0 Å². The molecular formula is C32H42IN9OS. The zero-order valence-electron chi connectivity index (χ0n) is 26.9. The highest BCUT2D eigenvalue weighted by Gasteiger charge is 2.26. The molecule has 0 N–H and O–H groups in total. The molecule has 44 heavy (non-hydrogen) atoms. The fraction of sp³-hybridized carbons (Fsp3) is 0.438. The van der Waals surface area contributed by atoms with E-state index in [9.17, 15) is 0 Å². The maximum Gasteiger partial charge on any atom is 0.231 e. The molecule has 3 heterocycles. The first-order valence-electron chi connectivity index (χ1n) is 14.9. The van der Waals surface area contributed by atoms with Crippen molar-refractivity contribution in [2.45, 2.75) is 39.2 Å². The predicted molar refractivity (Wildman–Crippen MR) is 194 cm³/mol. The van der Waals surface area contributed by atoms with Crippen LogP contribution in [-0.4, -0.2) is 85.5 Å². The van der Waals surface area contributed by atoms with Crippen LogP contribution in [0.3, 0.4) is 0 Å². The second kappa shape index (κ2) is 13.9. The van der Waals surface area contributed by atoms with Gasteiger partial charge in [0.2, 0.25) is 5.95 Å². The molecule has 10 nitrogen and oxygen atoms in total. The van der Waals surface area contributed by atoms with Crippen LogP contribution in [0.15, 0.2) is 42.9 Å². The van der Waals surface area contributed by atoms with E-state index in [4.69, 9.17) is 14.7 Å². The van der Waals surface area contributed by atoms with Gasteiger partial charge in [-0.1, -0.05) is 18.9 Å². The van der Waals surface area contributed by atoms with Crippen molar-refractivity contribution in [1.29, 1.82) is 0 Å². The quantitative estimate of drug-likeness (QED) is 0.0984. The van der Waals surface area contributed by atoms with E-state index in [2.05, 4.69) is 95.5 Å². The number of hydrogen-bond acceptors (Lipinski definition) is 11. The maximum atomic E-state index is 5.98. The number of rotatable bonds is 10. The molecule has 234 valence electrons. The summed E-state index contributed by atoms with van der Waals surface area (Å²) in [5.74, 6) is 2.20. The summed E-state index contributed by atoms with van der Waals surface area (Å²) >= 11 is 3.95. The number of piperidine rings is 1. The van der Waals surface area contributed by atoms with E-state index in [1.165, 1.54) is 11.3 Å². The minimum absolute atomic E-state index is 0.590. The largest absolute Gasteiger partial charge is 0.494 e. The molecule has 0 bridgehead atoms. The number of aryl methyl sites for hydroxylation is 2. The van der Waals surface area contributed by atoms with Gasteiger partial charge in [0, 0.05) is 75.4 Å². The second-order valence-corrected chi connectivity index (χ2v) is 13.1. The number of fused-ring (bicyclic) bond motifs is 1. The highest BCUT2D eigenvalue weighted by atomic mass is 127. The Morgan fingerprint density at radius 3 is 2.41 bits per heavy atom. The molecule has 0 unspecified atom stereocenters. The maximum absolute atomic E-state index is 5.98. The van der Waals surface area contributed by atoms with Crippen molar-refractivity contribution in [3.63, 3.8) is 0 Å². The molecule has 5 rings (SSSR count). The van der Waals surface area contributed by atoms with Crippen molar-refractivity contribution < 1.29 is 4.74 Å². The molecule has 0 atom stereocenters. The molecule has 0 spiro atoms. The van der Waals surface area contributed by atoms with E-state index in [0.717, 1.165) is 77.6 Å². The molecule has 12 heteroatoms. The third kappa shape index (κ3) is 6.34. The minimum Gasteiger partial charge on any atom is -0.494 e. The van der Waals surface area contributed by atoms with Crippen LogP contribution < -0.4 is 22.0 Å². The van der Waals surface area contributed by atoms with Crippen molar-refractivity contribution in [2.75, 3.05) is 71.9 Å². The average Bonchev–Trinajstić information content (AvgIpc) is 3.06. The van der Waals surface area contributed by atoms with Crippen LogP contribution in [0.25, 0.3) is 11.0 Å². The zero-order valence-corrected chi connectivity index (χ0v) is 29.8. The minimum atomic E-state index is 0.590. The van der Waals surface area contributed by atoms with Gasteiger partial charge < -0.3 is 23.7 Å². The highest BCUT2D eigenvalue weighted by molar-refractivity contribution is 14.1. The Labute approximate surface area is 279 Å². The van der Waals surface area contributed by atoms with Gasteiger partial charge in [-0.3, -0.25) is 13.1 Å². The number of anilines is 6. The van der Waals surface area contributed by atoms with Gasteiger partial charge >= 0.3 is 0 Å². The molecule has 1 aliphatic heterocycles. The number of ether oxygens (including phenoxy) is 1. The summed E-state index contributed by atoms with van der Waals surface area (Å²) in [7, 11) is 10.1. The van der Waals surface area contributed by atoms with Crippen LogP contribution in [-0.2, 0) is 6.42 Å². The fourth-order valence-electron chi connectivity index (χ4n) is 5.80. The lowest BCUT2D eigenvalue weighted by Crippen LogP contribution is -2.42. The molecule has 0 amide bonds. The van der Waals surface area contributed by atoms with E-state index >= 15 is 0 Å². The summed E-state index contributed by atoms with van der Waals surface area (Å²) in [5.41, 5.74) is 8.09. The van der Waals surface area contributed by atoms with Gasteiger partial charge in [-0.05, 0) is 64.0 Å².